The number of aryl methyl sites for hydroxylation is 1. The Hall–Kier alpha value is -0.880. The first-order valence-electron chi connectivity index (χ1n) is 6.55. The number of rotatable bonds is 3. The van der Waals surface area contributed by atoms with Gasteiger partial charge < -0.3 is 0 Å². The van der Waals surface area contributed by atoms with Crippen LogP contribution in [0.1, 0.15) is 38.3 Å². The fourth-order valence-corrected chi connectivity index (χ4v) is 4.14. The number of H-pyrrole nitrogens is 1. The Balaban J connectivity index is 2.18. The summed E-state index contributed by atoms with van der Waals surface area (Å²) in [7, 11) is -3.36. The molecule has 0 bridgehead atoms. The summed E-state index contributed by atoms with van der Waals surface area (Å²) in [6.07, 6.45) is 5.60. The van der Waals surface area contributed by atoms with Crippen molar-refractivity contribution in [2.24, 2.45) is 5.92 Å². The van der Waals surface area contributed by atoms with E-state index in [1.807, 2.05) is 0 Å². The predicted octanol–water partition coefficient (Wildman–Crippen LogP) is 1.92. The topological polar surface area (TPSA) is 66.1 Å². The van der Waals surface area contributed by atoms with Gasteiger partial charge in [0, 0.05) is 13.1 Å². The Bertz CT molecular complexity index is 495. The van der Waals surface area contributed by atoms with Crippen molar-refractivity contribution in [3.05, 3.63) is 11.9 Å². The van der Waals surface area contributed by atoms with Crippen LogP contribution in [-0.2, 0) is 10.0 Å². The van der Waals surface area contributed by atoms with Gasteiger partial charge in [-0.2, -0.15) is 9.40 Å². The molecule has 1 fully saturated rings. The SMILES string of the molecule is CCC1CCCN(S(=O)(=O)c2cn[nH]c2C)CC1. The van der Waals surface area contributed by atoms with Gasteiger partial charge >= 0.3 is 0 Å². The van der Waals surface area contributed by atoms with E-state index in [2.05, 4.69) is 17.1 Å². The molecule has 1 atom stereocenters. The molecule has 1 N–H and O–H groups in total. The lowest BCUT2D eigenvalue weighted by atomic mass is 9.98. The van der Waals surface area contributed by atoms with Crippen LogP contribution in [0.2, 0.25) is 0 Å². The van der Waals surface area contributed by atoms with E-state index in [0.29, 0.717) is 29.6 Å². The van der Waals surface area contributed by atoms with E-state index in [9.17, 15) is 8.42 Å². The lowest BCUT2D eigenvalue weighted by molar-refractivity contribution is 0.407. The summed E-state index contributed by atoms with van der Waals surface area (Å²) in [5.41, 5.74) is 0.617. The average Bonchev–Trinajstić information content (AvgIpc) is 2.65. The zero-order valence-electron chi connectivity index (χ0n) is 11.0. The Labute approximate surface area is 109 Å². The molecule has 1 aromatic rings. The van der Waals surface area contributed by atoms with Crippen LogP contribution < -0.4 is 0 Å². The molecule has 1 saturated heterocycles. The van der Waals surface area contributed by atoms with Crippen LogP contribution in [0, 0.1) is 12.8 Å². The van der Waals surface area contributed by atoms with E-state index in [4.69, 9.17) is 0 Å². The summed E-state index contributed by atoms with van der Waals surface area (Å²) in [5, 5.41) is 6.50. The van der Waals surface area contributed by atoms with E-state index in [1.165, 1.54) is 6.20 Å². The van der Waals surface area contributed by atoms with Gasteiger partial charge in [0.15, 0.2) is 0 Å². The van der Waals surface area contributed by atoms with Crippen molar-refractivity contribution in [2.45, 2.75) is 44.4 Å². The number of nitrogens with one attached hydrogen (secondary N) is 1. The van der Waals surface area contributed by atoms with Gasteiger partial charge in [0.05, 0.1) is 11.9 Å². The highest BCUT2D eigenvalue weighted by molar-refractivity contribution is 7.89. The summed E-state index contributed by atoms with van der Waals surface area (Å²) in [6.45, 7) is 5.18. The molecular formula is C12H21N3O2S. The normalized spacial score (nSPS) is 22.9. The molecule has 2 rings (SSSR count). The summed E-state index contributed by atoms with van der Waals surface area (Å²) in [6, 6.07) is 0. The molecule has 0 spiro atoms. The van der Waals surface area contributed by atoms with Crippen LogP contribution in [0.5, 0.6) is 0 Å². The molecule has 102 valence electrons. The third-order valence-electron chi connectivity index (χ3n) is 3.79. The second kappa shape index (κ2) is 5.40. The smallest absolute Gasteiger partial charge is 0.246 e. The van der Waals surface area contributed by atoms with Crippen LogP contribution in [0.4, 0.5) is 0 Å². The Kier molecular flexibility index (Phi) is 4.07. The van der Waals surface area contributed by atoms with E-state index in [0.717, 1.165) is 25.7 Å². The molecule has 2 heterocycles. The zero-order chi connectivity index (χ0) is 13.2. The molecule has 1 aromatic heterocycles. The van der Waals surface area contributed by atoms with E-state index in [-0.39, 0.29) is 0 Å². The van der Waals surface area contributed by atoms with E-state index >= 15 is 0 Å². The minimum absolute atomic E-state index is 0.317. The van der Waals surface area contributed by atoms with Crippen LogP contribution in [0.3, 0.4) is 0 Å². The highest BCUT2D eigenvalue weighted by Crippen LogP contribution is 2.25. The van der Waals surface area contributed by atoms with Gasteiger partial charge in [0.1, 0.15) is 4.90 Å². The summed E-state index contributed by atoms with van der Waals surface area (Å²) < 4.78 is 26.6. The van der Waals surface area contributed by atoms with Crippen LogP contribution in [-0.4, -0.2) is 36.0 Å². The molecule has 1 unspecified atom stereocenters. The minimum atomic E-state index is -3.36. The Morgan fingerprint density at radius 1 is 1.44 bits per heavy atom. The number of aromatic nitrogens is 2. The minimum Gasteiger partial charge on any atom is -0.281 e. The standard InChI is InChI=1S/C12H21N3O2S/c1-3-11-5-4-7-15(8-6-11)18(16,17)12-9-13-14-10(12)2/h9,11H,3-8H2,1-2H3,(H,13,14). The molecular weight excluding hydrogens is 250 g/mol. The van der Waals surface area contributed by atoms with E-state index < -0.39 is 10.0 Å². The van der Waals surface area contributed by atoms with Crippen molar-refractivity contribution in [1.82, 2.24) is 14.5 Å². The first-order chi connectivity index (χ1) is 8.55. The lowest BCUT2D eigenvalue weighted by Gasteiger charge is -2.19. The fraction of sp³-hybridized carbons (Fsp3) is 0.750. The number of hydrogen-bond donors (Lipinski definition) is 1. The van der Waals surface area contributed by atoms with Crippen LogP contribution in [0.15, 0.2) is 11.1 Å². The Morgan fingerprint density at radius 2 is 2.22 bits per heavy atom. The molecule has 18 heavy (non-hydrogen) atoms. The molecule has 0 radical (unpaired) electrons. The lowest BCUT2D eigenvalue weighted by Crippen LogP contribution is -2.32. The number of aromatic amines is 1. The molecule has 6 heteroatoms. The summed E-state index contributed by atoms with van der Waals surface area (Å²) >= 11 is 0. The fourth-order valence-electron chi connectivity index (χ4n) is 2.53. The van der Waals surface area contributed by atoms with Gasteiger partial charge in [-0.3, -0.25) is 5.10 Å². The molecule has 0 amide bonds. The van der Waals surface area contributed by atoms with Crippen molar-refractivity contribution in [2.75, 3.05) is 13.1 Å². The molecule has 0 saturated carbocycles. The Morgan fingerprint density at radius 3 is 2.83 bits per heavy atom. The van der Waals surface area contributed by atoms with Gasteiger partial charge in [-0.25, -0.2) is 8.42 Å². The monoisotopic (exact) mass is 271 g/mol. The molecule has 0 aliphatic carbocycles. The number of sulfonamides is 1. The molecule has 1 aliphatic rings. The largest absolute Gasteiger partial charge is 0.281 e. The predicted molar refractivity (Wildman–Crippen MR) is 69.7 cm³/mol. The van der Waals surface area contributed by atoms with Crippen molar-refractivity contribution in [3.8, 4) is 0 Å². The molecule has 5 nitrogen and oxygen atoms in total. The molecule has 1 aliphatic heterocycles. The second-order valence-corrected chi connectivity index (χ2v) is 6.87. The quantitative estimate of drug-likeness (QED) is 0.913. The number of hydrogen-bond acceptors (Lipinski definition) is 3. The third-order valence-corrected chi connectivity index (χ3v) is 5.80. The van der Waals surface area contributed by atoms with Crippen LogP contribution in [0.25, 0.3) is 0 Å². The van der Waals surface area contributed by atoms with Gasteiger partial charge in [0.25, 0.3) is 0 Å². The highest BCUT2D eigenvalue weighted by atomic mass is 32.2. The zero-order valence-corrected chi connectivity index (χ0v) is 11.8. The maximum atomic E-state index is 12.5. The number of nitrogens with zero attached hydrogens (tertiary/aromatic N) is 2. The third kappa shape index (κ3) is 2.59. The van der Waals surface area contributed by atoms with Gasteiger partial charge in [0.2, 0.25) is 10.0 Å². The van der Waals surface area contributed by atoms with E-state index in [1.54, 1.807) is 11.2 Å². The van der Waals surface area contributed by atoms with Crippen molar-refractivity contribution < 1.29 is 8.42 Å². The maximum absolute atomic E-state index is 12.5. The average molecular weight is 271 g/mol. The highest BCUT2D eigenvalue weighted by Gasteiger charge is 2.29. The van der Waals surface area contributed by atoms with Gasteiger partial charge in [-0.05, 0) is 32.1 Å². The van der Waals surface area contributed by atoms with Crippen molar-refractivity contribution in [1.29, 1.82) is 0 Å². The maximum Gasteiger partial charge on any atom is 0.246 e. The van der Waals surface area contributed by atoms with Crippen LogP contribution >= 0.6 is 0 Å². The van der Waals surface area contributed by atoms with Gasteiger partial charge in [-0.1, -0.05) is 13.3 Å². The van der Waals surface area contributed by atoms with Crippen molar-refractivity contribution >= 4 is 10.0 Å². The first-order valence-corrected chi connectivity index (χ1v) is 7.99. The summed E-state index contributed by atoms with van der Waals surface area (Å²) in [5.74, 6) is 0.663. The summed E-state index contributed by atoms with van der Waals surface area (Å²) in [4.78, 5) is 0.317. The van der Waals surface area contributed by atoms with Crippen molar-refractivity contribution in [3.63, 3.8) is 0 Å². The van der Waals surface area contributed by atoms with Gasteiger partial charge in [-0.15, -0.1) is 0 Å². The first kappa shape index (κ1) is 13.5. The molecule has 0 aromatic carbocycles. The second-order valence-electron chi connectivity index (χ2n) is 4.97.